The molecule has 0 saturated carbocycles. The Balaban J connectivity index is 1.63. The third kappa shape index (κ3) is 6.96. The van der Waals surface area contributed by atoms with Crippen LogP contribution in [0.2, 0.25) is 0 Å². The fraction of sp³-hybridized carbons (Fsp3) is 0.231. The van der Waals surface area contributed by atoms with Crippen molar-refractivity contribution >= 4 is 21.6 Å². The molecule has 0 radical (unpaired) electrons. The van der Waals surface area contributed by atoms with E-state index in [0.717, 1.165) is 5.56 Å². The van der Waals surface area contributed by atoms with Crippen molar-refractivity contribution in [1.29, 1.82) is 0 Å². The van der Waals surface area contributed by atoms with E-state index in [2.05, 4.69) is 15.3 Å². The number of sulfonamides is 1. The number of hydrazone groups is 1. The molecular weight excluding hydrogens is 488 g/mol. The van der Waals surface area contributed by atoms with Crippen LogP contribution in [0.3, 0.4) is 0 Å². The highest BCUT2D eigenvalue weighted by molar-refractivity contribution is 7.89. The van der Waals surface area contributed by atoms with E-state index in [4.69, 9.17) is 0 Å². The molecule has 0 unspecified atom stereocenters. The highest BCUT2D eigenvalue weighted by Gasteiger charge is 2.20. The van der Waals surface area contributed by atoms with Crippen LogP contribution in [0.1, 0.15) is 40.4 Å². The molecule has 0 spiro atoms. The van der Waals surface area contributed by atoms with E-state index >= 15 is 0 Å². The van der Waals surface area contributed by atoms with Gasteiger partial charge in [-0.15, -0.1) is 0 Å². The average molecular weight is 516 g/mol. The summed E-state index contributed by atoms with van der Waals surface area (Å²) >= 11 is 0. The Hall–Kier alpha value is -3.63. The molecule has 0 heterocycles. The number of hydrogen-bond acceptors (Lipinski definition) is 5. The van der Waals surface area contributed by atoms with E-state index in [9.17, 15) is 22.0 Å². The van der Waals surface area contributed by atoms with Crippen LogP contribution in [0.25, 0.3) is 0 Å². The van der Waals surface area contributed by atoms with Crippen molar-refractivity contribution < 1.29 is 26.7 Å². The van der Waals surface area contributed by atoms with E-state index in [1.165, 1.54) is 23.5 Å². The van der Waals surface area contributed by atoms with Crippen molar-refractivity contribution in [2.75, 3.05) is 7.05 Å². The predicted molar refractivity (Wildman–Crippen MR) is 134 cm³/mol. The minimum absolute atomic E-state index is 0.0330. The third-order valence-electron chi connectivity index (χ3n) is 5.39. The molecule has 0 aliphatic carbocycles. The van der Waals surface area contributed by atoms with Gasteiger partial charge in [0, 0.05) is 19.2 Å². The third-order valence-corrected chi connectivity index (χ3v) is 7.21. The molecule has 0 saturated heterocycles. The number of carbonyl (C=O) groups excluding carboxylic acids is 1. The second-order valence-corrected chi connectivity index (χ2v) is 10.1. The molecular formula is C26H27F2N3O4S. The SMILES string of the molecule is CC/C(=N\NC(=O)c1ccc(CN(C)S(=O)(=O)c2ccc(C)cc2)cc1)c1ccc(OC(F)F)cc1. The van der Waals surface area contributed by atoms with Crippen molar-refractivity contribution in [1.82, 2.24) is 9.73 Å². The highest BCUT2D eigenvalue weighted by atomic mass is 32.2. The molecule has 3 aromatic rings. The monoisotopic (exact) mass is 515 g/mol. The van der Waals surface area contributed by atoms with Gasteiger partial charge >= 0.3 is 6.61 Å². The van der Waals surface area contributed by atoms with Crippen LogP contribution in [-0.2, 0) is 16.6 Å². The predicted octanol–water partition coefficient (Wildman–Crippen LogP) is 4.96. The van der Waals surface area contributed by atoms with Crippen LogP contribution in [0.5, 0.6) is 5.75 Å². The number of rotatable bonds is 10. The summed E-state index contributed by atoms with van der Waals surface area (Å²) in [5, 5.41) is 4.16. The van der Waals surface area contributed by atoms with Crippen LogP contribution in [-0.4, -0.2) is 38.0 Å². The lowest BCUT2D eigenvalue weighted by Gasteiger charge is -2.17. The number of alkyl halides is 2. The van der Waals surface area contributed by atoms with Crippen LogP contribution < -0.4 is 10.2 Å². The molecule has 3 aromatic carbocycles. The normalized spacial score (nSPS) is 12.1. The molecule has 10 heteroatoms. The van der Waals surface area contributed by atoms with Gasteiger partial charge < -0.3 is 4.74 Å². The fourth-order valence-corrected chi connectivity index (χ4v) is 4.51. The van der Waals surface area contributed by atoms with E-state index in [1.54, 1.807) is 60.7 Å². The first-order chi connectivity index (χ1) is 17.1. The van der Waals surface area contributed by atoms with Gasteiger partial charge in [0.25, 0.3) is 5.91 Å². The van der Waals surface area contributed by atoms with Crippen molar-refractivity contribution in [2.24, 2.45) is 5.10 Å². The molecule has 0 bridgehead atoms. The summed E-state index contributed by atoms with van der Waals surface area (Å²) in [5.41, 5.74) is 5.76. The van der Waals surface area contributed by atoms with Gasteiger partial charge in [0.05, 0.1) is 10.6 Å². The number of hydrogen-bond donors (Lipinski definition) is 1. The summed E-state index contributed by atoms with van der Waals surface area (Å²) < 4.78 is 55.8. The van der Waals surface area contributed by atoms with E-state index in [1.807, 2.05) is 13.8 Å². The quantitative estimate of drug-likeness (QED) is 0.305. The minimum atomic E-state index is -3.65. The second-order valence-electron chi connectivity index (χ2n) is 8.03. The number of carbonyl (C=O) groups is 1. The smallest absolute Gasteiger partial charge is 0.387 e. The van der Waals surface area contributed by atoms with Gasteiger partial charge in [-0.2, -0.15) is 18.2 Å². The van der Waals surface area contributed by atoms with Gasteiger partial charge in [0.1, 0.15) is 5.75 Å². The average Bonchev–Trinajstić information content (AvgIpc) is 2.85. The summed E-state index contributed by atoms with van der Waals surface area (Å²) in [6, 6.07) is 19.2. The molecule has 1 N–H and O–H groups in total. The summed E-state index contributed by atoms with van der Waals surface area (Å²) in [6.45, 7) is 0.975. The van der Waals surface area contributed by atoms with Gasteiger partial charge in [-0.05, 0) is 73.0 Å². The van der Waals surface area contributed by atoms with Gasteiger partial charge in [-0.25, -0.2) is 13.8 Å². The Morgan fingerprint density at radius 3 is 2.11 bits per heavy atom. The number of nitrogens with one attached hydrogen (secondary N) is 1. The maximum Gasteiger partial charge on any atom is 0.387 e. The number of ether oxygens (including phenoxy) is 1. The van der Waals surface area contributed by atoms with Crippen LogP contribution in [0, 0.1) is 6.92 Å². The number of amides is 1. The van der Waals surface area contributed by atoms with Gasteiger partial charge in [-0.1, -0.05) is 36.8 Å². The first kappa shape index (κ1) is 27.0. The lowest BCUT2D eigenvalue weighted by Crippen LogP contribution is -2.26. The summed E-state index contributed by atoms with van der Waals surface area (Å²) in [7, 11) is -2.14. The first-order valence-electron chi connectivity index (χ1n) is 11.1. The Labute approximate surface area is 209 Å². The summed E-state index contributed by atoms with van der Waals surface area (Å²) in [4.78, 5) is 12.8. The van der Waals surface area contributed by atoms with Crippen molar-refractivity contribution in [3.8, 4) is 5.75 Å². The Kier molecular flexibility index (Phi) is 8.89. The lowest BCUT2D eigenvalue weighted by atomic mass is 10.1. The molecule has 0 fully saturated rings. The Bertz CT molecular complexity index is 1310. The number of nitrogens with zero attached hydrogens (tertiary/aromatic N) is 2. The second kappa shape index (κ2) is 11.9. The number of halogens is 2. The molecule has 0 atom stereocenters. The zero-order valence-electron chi connectivity index (χ0n) is 20.1. The standard InChI is InChI=1S/C26H27F2N3O4S/c1-4-24(20-11-13-22(14-12-20)35-26(27)28)29-30-25(32)21-9-7-19(8-10-21)17-31(3)36(33,34)23-15-5-18(2)6-16-23/h5-16,26H,4,17H2,1-3H3,(H,30,32)/b29-24+. The van der Waals surface area contributed by atoms with Crippen LogP contribution in [0.4, 0.5) is 8.78 Å². The molecule has 1 amide bonds. The molecule has 0 aliphatic rings. The summed E-state index contributed by atoms with van der Waals surface area (Å²) in [6.07, 6.45) is 0.496. The maximum absolute atomic E-state index is 12.8. The highest BCUT2D eigenvalue weighted by Crippen LogP contribution is 2.18. The summed E-state index contributed by atoms with van der Waals surface area (Å²) in [5.74, 6) is -0.406. The Morgan fingerprint density at radius 2 is 1.56 bits per heavy atom. The van der Waals surface area contributed by atoms with E-state index < -0.39 is 22.5 Å². The minimum Gasteiger partial charge on any atom is -0.435 e. The Morgan fingerprint density at radius 1 is 0.972 bits per heavy atom. The first-order valence-corrected chi connectivity index (χ1v) is 12.6. The van der Waals surface area contributed by atoms with Crippen molar-refractivity contribution in [2.45, 2.75) is 38.3 Å². The van der Waals surface area contributed by atoms with Gasteiger partial charge in [-0.3, -0.25) is 4.79 Å². The van der Waals surface area contributed by atoms with Crippen molar-refractivity contribution in [3.05, 3.63) is 95.1 Å². The molecule has 0 aromatic heterocycles. The van der Waals surface area contributed by atoms with Crippen LogP contribution in [0.15, 0.2) is 82.8 Å². The van der Waals surface area contributed by atoms with Crippen molar-refractivity contribution in [3.63, 3.8) is 0 Å². The topological polar surface area (TPSA) is 88.1 Å². The zero-order chi connectivity index (χ0) is 26.3. The molecule has 7 nitrogen and oxygen atoms in total. The maximum atomic E-state index is 12.8. The van der Waals surface area contributed by atoms with E-state index in [0.29, 0.717) is 28.8 Å². The largest absolute Gasteiger partial charge is 0.435 e. The number of benzene rings is 3. The molecule has 190 valence electrons. The van der Waals surface area contributed by atoms with Gasteiger partial charge in [0.15, 0.2) is 0 Å². The molecule has 0 aliphatic heterocycles. The fourth-order valence-electron chi connectivity index (χ4n) is 3.35. The van der Waals surface area contributed by atoms with Gasteiger partial charge in [0.2, 0.25) is 10.0 Å². The van der Waals surface area contributed by atoms with Crippen LogP contribution >= 0.6 is 0 Å². The van der Waals surface area contributed by atoms with E-state index in [-0.39, 0.29) is 17.2 Å². The molecule has 3 rings (SSSR count). The molecule has 36 heavy (non-hydrogen) atoms. The number of aryl methyl sites for hydroxylation is 1. The zero-order valence-corrected chi connectivity index (χ0v) is 20.9. The lowest BCUT2D eigenvalue weighted by molar-refractivity contribution is -0.0498.